The summed E-state index contributed by atoms with van der Waals surface area (Å²) in [5.41, 5.74) is 5.04. The first-order chi connectivity index (χ1) is 15.0. The molecule has 166 valence electrons. The molecule has 0 saturated heterocycles. The van der Waals surface area contributed by atoms with Crippen LogP contribution in [-0.4, -0.2) is 35.3 Å². The Bertz CT molecular complexity index is 789. The van der Waals surface area contributed by atoms with Crippen LogP contribution in [0.3, 0.4) is 0 Å². The van der Waals surface area contributed by atoms with Gasteiger partial charge in [-0.05, 0) is 44.4 Å². The van der Waals surface area contributed by atoms with E-state index in [1.165, 1.54) is 0 Å². The van der Waals surface area contributed by atoms with E-state index in [4.69, 9.17) is 0 Å². The molecule has 1 aromatic carbocycles. The molecule has 0 saturated carbocycles. The summed E-state index contributed by atoms with van der Waals surface area (Å²) in [7, 11) is 1.81. The Hall–Kier alpha value is -3.23. The third-order valence-corrected chi connectivity index (χ3v) is 4.97. The number of rotatable bonds is 11. The van der Waals surface area contributed by atoms with Crippen molar-refractivity contribution < 1.29 is 4.79 Å². The standard InChI is InChI=1S/C21H31N3O.C6H6/c1-6-9-15-24-16-11-10-13-20(24)21(8-3,14-17-23(5)18-25)22-19(4)12-7-2;1-2-4-6-5-3-1/h7,9-10,12-13,15-16,18,22H,2,6,8,14,17H2,1,3-5H3;1-6H/b15-9+,19-12+;. The van der Waals surface area contributed by atoms with Gasteiger partial charge in [-0.25, -0.2) is 0 Å². The van der Waals surface area contributed by atoms with Gasteiger partial charge in [-0.3, -0.25) is 4.79 Å². The molecule has 1 heterocycles. The van der Waals surface area contributed by atoms with Crippen LogP contribution in [0.4, 0.5) is 0 Å². The van der Waals surface area contributed by atoms with Gasteiger partial charge < -0.3 is 15.1 Å². The van der Waals surface area contributed by atoms with Crippen molar-refractivity contribution in [1.29, 1.82) is 0 Å². The van der Waals surface area contributed by atoms with E-state index in [9.17, 15) is 4.79 Å². The van der Waals surface area contributed by atoms with Gasteiger partial charge >= 0.3 is 0 Å². The number of carbonyl (C=O) groups is 1. The zero-order valence-electron chi connectivity index (χ0n) is 19.4. The Balaban J connectivity index is 0.000000683. The van der Waals surface area contributed by atoms with Crippen LogP contribution in [0.25, 0.3) is 0 Å². The SMILES string of the molecule is C=C/C=C(\C)NC(CC)(CCN(C)C=O)C1=CC=C=CN1/C=C/CC.c1ccccc1. The highest BCUT2D eigenvalue weighted by molar-refractivity contribution is 5.46. The average molecular weight is 420 g/mol. The van der Waals surface area contributed by atoms with Gasteiger partial charge in [-0.15, -0.1) is 5.73 Å². The monoisotopic (exact) mass is 419 g/mol. The van der Waals surface area contributed by atoms with Crippen molar-refractivity contribution in [3.8, 4) is 0 Å². The molecule has 4 heteroatoms. The van der Waals surface area contributed by atoms with Crippen molar-refractivity contribution in [2.75, 3.05) is 13.6 Å². The first-order valence-corrected chi connectivity index (χ1v) is 10.8. The van der Waals surface area contributed by atoms with Gasteiger partial charge in [0, 0.05) is 31.2 Å². The van der Waals surface area contributed by atoms with Crippen molar-refractivity contribution in [3.05, 3.63) is 103 Å². The number of nitrogens with zero attached hydrogens (tertiary/aromatic N) is 2. The molecule has 0 fully saturated rings. The summed E-state index contributed by atoms with van der Waals surface area (Å²) < 4.78 is 0. The molecule has 1 unspecified atom stereocenters. The fourth-order valence-electron chi connectivity index (χ4n) is 3.26. The van der Waals surface area contributed by atoms with Gasteiger partial charge in [-0.1, -0.05) is 69.0 Å². The van der Waals surface area contributed by atoms with Gasteiger partial charge in [0.15, 0.2) is 0 Å². The quantitative estimate of drug-likeness (QED) is 0.281. The van der Waals surface area contributed by atoms with Crippen LogP contribution in [0.2, 0.25) is 0 Å². The number of allylic oxidation sites excluding steroid dienone is 6. The molecule has 0 radical (unpaired) electrons. The lowest BCUT2D eigenvalue weighted by Crippen LogP contribution is -2.50. The second-order valence-corrected chi connectivity index (χ2v) is 7.35. The van der Waals surface area contributed by atoms with E-state index in [0.29, 0.717) is 6.54 Å². The number of amides is 1. The van der Waals surface area contributed by atoms with Crippen LogP contribution in [0.15, 0.2) is 103 Å². The fourth-order valence-corrected chi connectivity index (χ4v) is 3.26. The fraction of sp³-hybridized carbons (Fsp3) is 0.333. The van der Waals surface area contributed by atoms with Crippen molar-refractivity contribution in [3.63, 3.8) is 0 Å². The predicted octanol–water partition coefficient (Wildman–Crippen LogP) is 5.77. The first-order valence-electron chi connectivity index (χ1n) is 10.8. The molecule has 1 atom stereocenters. The summed E-state index contributed by atoms with van der Waals surface area (Å²) in [4.78, 5) is 14.8. The van der Waals surface area contributed by atoms with E-state index in [-0.39, 0.29) is 5.54 Å². The number of nitrogens with one attached hydrogen (secondary N) is 1. The topological polar surface area (TPSA) is 35.6 Å². The normalized spacial score (nSPS) is 14.9. The van der Waals surface area contributed by atoms with Gasteiger partial charge in [0.2, 0.25) is 6.41 Å². The smallest absolute Gasteiger partial charge is 0.209 e. The Morgan fingerprint density at radius 1 is 1.23 bits per heavy atom. The van der Waals surface area contributed by atoms with Crippen LogP contribution in [-0.2, 0) is 4.79 Å². The second kappa shape index (κ2) is 14.7. The maximum Gasteiger partial charge on any atom is 0.209 e. The van der Waals surface area contributed by atoms with Gasteiger partial charge in [0.25, 0.3) is 0 Å². The highest BCUT2D eigenvalue weighted by Crippen LogP contribution is 2.31. The summed E-state index contributed by atoms with van der Waals surface area (Å²) in [6.45, 7) is 10.8. The highest BCUT2D eigenvalue weighted by Gasteiger charge is 2.35. The molecule has 4 nitrogen and oxygen atoms in total. The molecule has 0 bridgehead atoms. The maximum absolute atomic E-state index is 11.0. The van der Waals surface area contributed by atoms with Gasteiger partial charge in [0.1, 0.15) is 0 Å². The molecule has 0 aliphatic carbocycles. The molecule has 2 rings (SSSR count). The number of carbonyl (C=O) groups excluding carboxylic acids is 1. The van der Waals surface area contributed by atoms with E-state index in [2.05, 4.69) is 54.7 Å². The first kappa shape index (κ1) is 25.8. The van der Waals surface area contributed by atoms with Crippen molar-refractivity contribution >= 4 is 6.41 Å². The van der Waals surface area contributed by atoms with Crippen LogP contribution in [0.5, 0.6) is 0 Å². The minimum atomic E-state index is -0.298. The second-order valence-electron chi connectivity index (χ2n) is 7.35. The lowest BCUT2D eigenvalue weighted by Gasteiger charge is -2.42. The third-order valence-electron chi connectivity index (χ3n) is 4.97. The molecule has 1 N–H and O–H groups in total. The lowest BCUT2D eigenvalue weighted by atomic mass is 9.85. The van der Waals surface area contributed by atoms with E-state index >= 15 is 0 Å². The van der Waals surface area contributed by atoms with Crippen LogP contribution >= 0.6 is 0 Å². The van der Waals surface area contributed by atoms with Gasteiger partial charge in [0.05, 0.1) is 11.7 Å². The Morgan fingerprint density at radius 2 is 1.87 bits per heavy atom. The highest BCUT2D eigenvalue weighted by atomic mass is 16.1. The zero-order valence-corrected chi connectivity index (χ0v) is 19.4. The molecule has 1 amide bonds. The number of hydrogen-bond donors (Lipinski definition) is 1. The van der Waals surface area contributed by atoms with Crippen LogP contribution in [0.1, 0.15) is 40.0 Å². The largest absolute Gasteiger partial charge is 0.378 e. The molecular formula is C27H37N3O. The molecule has 1 aliphatic rings. The van der Waals surface area contributed by atoms with E-state index in [0.717, 1.165) is 37.1 Å². The minimum absolute atomic E-state index is 0.298. The Kier molecular flexibility index (Phi) is 12.2. The minimum Gasteiger partial charge on any atom is -0.378 e. The van der Waals surface area contributed by atoms with E-state index in [1.807, 2.05) is 68.7 Å². The lowest BCUT2D eigenvalue weighted by molar-refractivity contribution is -0.117. The molecular weight excluding hydrogens is 382 g/mol. The summed E-state index contributed by atoms with van der Waals surface area (Å²) in [5, 5.41) is 3.67. The van der Waals surface area contributed by atoms with E-state index in [1.54, 1.807) is 11.0 Å². The Morgan fingerprint density at radius 3 is 2.39 bits per heavy atom. The molecule has 1 aromatic rings. The molecule has 31 heavy (non-hydrogen) atoms. The summed E-state index contributed by atoms with van der Waals surface area (Å²) >= 11 is 0. The summed E-state index contributed by atoms with van der Waals surface area (Å²) in [6, 6.07) is 12.0. The maximum atomic E-state index is 11.0. The van der Waals surface area contributed by atoms with Crippen molar-refractivity contribution in [1.82, 2.24) is 15.1 Å². The van der Waals surface area contributed by atoms with E-state index < -0.39 is 0 Å². The molecule has 1 aliphatic heterocycles. The third kappa shape index (κ3) is 8.98. The average Bonchev–Trinajstić information content (AvgIpc) is 2.82. The van der Waals surface area contributed by atoms with Gasteiger partial charge in [-0.2, -0.15) is 0 Å². The zero-order chi connectivity index (χ0) is 23.0. The molecule has 0 spiro atoms. The van der Waals surface area contributed by atoms with Crippen molar-refractivity contribution in [2.24, 2.45) is 0 Å². The van der Waals surface area contributed by atoms with Crippen molar-refractivity contribution in [2.45, 2.75) is 45.6 Å². The molecule has 0 aromatic heterocycles. The predicted molar refractivity (Wildman–Crippen MR) is 132 cm³/mol. The number of hydrogen-bond acceptors (Lipinski definition) is 3. The summed E-state index contributed by atoms with van der Waals surface area (Å²) in [6.07, 6.45) is 17.5. The van der Waals surface area contributed by atoms with Crippen LogP contribution < -0.4 is 5.32 Å². The number of benzene rings is 1. The Labute approximate surface area is 188 Å². The van der Waals surface area contributed by atoms with Crippen LogP contribution in [0, 0.1) is 0 Å². The summed E-state index contributed by atoms with van der Waals surface area (Å²) in [5.74, 6) is 0.